The molecule has 0 saturated carbocycles. The maximum Gasteiger partial charge on any atom is 0.280 e. The summed E-state index contributed by atoms with van der Waals surface area (Å²) in [5.74, 6) is -0.225. The van der Waals surface area contributed by atoms with Gasteiger partial charge in [-0.2, -0.15) is 0 Å². The lowest BCUT2D eigenvalue weighted by atomic mass is 10.00. The summed E-state index contributed by atoms with van der Waals surface area (Å²) in [5.41, 5.74) is -0.861. The van der Waals surface area contributed by atoms with Crippen molar-refractivity contribution in [1.29, 1.82) is 0 Å². The standard InChI is InChI=1S/C18H22N4O3/c1-3-22-14-7-4-5-8-15(14)25-18(2,17(22)24)16(23)20-9-6-11-21-12-10-19-13-21/h4-5,7-8,10,12-13H,3,6,9,11H2,1-2H3,(H,20,23). The first kappa shape index (κ1) is 17.0. The summed E-state index contributed by atoms with van der Waals surface area (Å²) in [5, 5.41) is 2.82. The lowest BCUT2D eigenvalue weighted by Crippen LogP contribution is -2.62. The number of nitrogens with zero attached hydrogens (tertiary/aromatic N) is 3. The van der Waals surface area contributed by atoms with Crippen molar-refractivity contribution < 1.29 is 14.3 Å². The number of para-hydroxylation sites is 2. The predicted octanol–water partition coefficient (Wildman–Crippen LogP) is 1.59. The van der Waals surface area contributed by atoms with Gasteiger partial charge in [-0.25, -0.2) is 4.98 Å². The van der Waals surface area contributed by atoms with Gasteiger partial charge in [0, 0.05) is 32.0 Å². The summed E-state index contributed by atoms with van der Waals surface area (Å²) >= 11 is 0. The Morgan fingerprint density at radius 3 is 2.88 bits per heavy atom. The van der Waals surface area contributed by atoms with E-state index in [0.717, 1.165) is 13.0 Å². The van der Waals surface area contributed by atoms with Crippen LogP contribution < -0.4 is 15.0 Å². The van der Waals surface area contributed by atoms with Crippen LogP contribution in [0.2, 0.25) is 0 Å². The summed E-state index contributed by atoms with van der Waals surface area (Å²) in [6.07, 6.45) is 6.05. The molecule has 0 aliphatic carbocycles. The number of fused-ring (bicyclic) bond motifs is 1. The SMILES string of the molecule is CCN1C(=O)C(C)(C(=O)NCCCn2ccnc2)Oc2ccccc21. The van der Waals surface area contributed by atoms with Gasteiger partial charge < -0.3 is 19.5 Å². The fourth-order valence-corrected chi connectivity index (χ4v) is 2.91. The molecule has 0 radical (unpaired) electrons. The van der Waals surface area contributed by atoms with Gasteiger partial charge in [0.15, 0.2) is 0 Å². The van der Waals surface area contributed by atoms with Gasteiger partial charge in [0.25, 0.3) is 17.4 Å². The molecule has 132 valence electrons. The molecule has 0 bridgehead atoms. The van der Waals surface area contributed by atoms with Crippen LogP contribution in [-0.2, 0) is 16.1 Å². The molecule has 0 spiro atoms. The normalized spacial score (nSPS) is 19.3. The van der Waals surface area contributed by atoms with Crippen LogP contribution in [0.15, 0.2) is 43.0 Å². The molecular weight excluding hydrogens is 320 g/mol. The van der Waals surface area contributed by atoms with Gasteiger partial charge in [-0.15, -0.1) is 0 Å². The zero-order valence-electron chi connectivity index (χ0n) is 14.4. The van der Waals surface area contributed by atoms with Crippen LogP contribution in [0.5, 0.6) is 5.75 Å². The minimum atomic E-state index is -1.56. The Morgan fingerprint density at radius 1 is 1.36 bits per heavy atom. The second kappa shape index (κ2) is 6.96. The number of amides is 2. The number of benzene rings is 1. The van der Waals surface area contributed by atoms with Crippen LogP contribution >= 0.6 is 0 Å². The molecule has 1 aromatic heterocycles. The first-order valence-corrected chi connectivity index (χ1v) is 8.40. The Hall–Kier alpha value is -2.83. The highest BCUT2D eigenvalue weighted by Gasteiger charge is 2.50. The van der Waals surface area contributed by atoms with Crippen LogP contribution in [-0.4, -0.2) is 40.1 Å². The number of likely N-dealkylation sites (N-methyl/N-ethyl adjacent to an activating group) is 1. The minimum Gasteiger partial charge on any atom is -0.466 e. The fourth-order valence-electron chi connectivity index (χ4n) is 2.91. The van der Waals surface area contributed by atoms with Gasteiger partial charge in [0.1, 0.15) is 5.75 Å². The summed E-state index contributed by atoms with van der Waals surface area (Å²) in [7, 11) is 0. The van der Waals surface area contributed by atoms with E-state index in [-0.39, 0.29) is 5.91 Å². The zero-order valence-corrected chi connectivity index (χ0v) is 14.4. The van der Waals surface area contributed by atoms with E-state index in [4.69, 9.17) is 4.74 Å². The Kier molecular flexibility index (Phi) is 4.74. The predicted molar refractivity (Wildman–Crippen MR) is 93.4 cm³/mol. The van der Waals surface area contributed by atoms with Crippen LogP contribution in [0.3, 0.4) is 0 Å². The third-order valence-corrected chi connectivity index (χ3v) is 4.31. The lowest BCUT2D eigenvalue weighted by molar-refractivity contribution is -0.148. The Labute approximate surface area is 146 Å². The van der Waals surface area contributed by atoms with Gasteiger partial charge >= 0.3 is 0 Å². The first-order chi connectivity index (χ1) is 12.1. The van der Waals surface area contributed by atoms with E-state index in [9.17, 15) is 9.59 Å². The number of carbonyl (C=O) groups is 2. The van der Waals surface area contributed by atoms with E-state index >= 15 is 0 Å². The topological polar surface area (TPSA) is 76.5 Å². The zero-order chi connectivity index (χ0) is 17.9. The second-order valence-corrected chi connectivity index (χ2v) is 6.06. The molecule has 2 aromatic rings. The molecule has 2 amide bonds. The Bertz CT molecular complexity index is 759. The first-order valence-electron chi connectivity index (χ1n) is 8.40. The van der Waals surface area contributed by atoms with E-state index in [1.165, 1.54) is 6.92 Å². The molecule has 1 aliphatic heterocycles. The number of anilines is 1. The third-order valence-electron chi connectivity index (χ3n) is 4.31. The van der Waals surface area contributed by atoms with Gasteiger partial charge in [-0.1, -0.05) is 12.1 Å². The monoisotopic (exact) mass is 342 g/mol. The highest BCUT2D eigenvalue weighted by Crippen LogP contribution is 2.37. The number of aryl methyl sites for hydroxylation is 1. The number of imidazole rings is 1. The average Bonchev–Trinajstić information content (AvgIpc) is 3.13. The molecule has 2 heterocycles. The van der Waals surface area contributed by atoms with E-state index in [2.05, 4.69) is 10.3 Å². The average molecular weight is 342 g/mol. The molecule has 25 heavy (non-hydrogen) atoms. The van der Waals surface area contributed by atoms with E-state index < -0.39 is 11.5 Å². The number of hydrogen-bond acceptors (Lipinski definition) is 4. The van der Waals surface area contributed by atoms with Crippen LogP contribution in [0.4, 0.5) is 5.69 Å². The maximum atomic E-state index is 12.8. The minimum absolute atomic E-state index is 0.346. The largest absolute Gasteiger partial charge is 0.466 e. The van der Waals surface area contributed by atoms with Crippen molar-refractivity contribution in [1.82, 2.24) is 14.9 Å². The van der Waals surface area contributed by atoms with E-state index in [1.807, 2.05) is 35.9 Å². The molecule has 1 N–H and O–H groups in total. The maximum absolute atomic E-state index is 12.8. The quantitative estimate of drug-likeness (QED) is 0.639. The van der Waals surface area contributed by atoms with Gasteiger partial charge in [-0.3, -0.25) is 9.59 Å². The van der Waals surface area contributed by atoms with Gasteiger partial charge in [0.05, 0.1) is 12.0 Å². The van der Waals surface area contributed by atoms with Gasteiger partial charge in [0.2, 0.25) is 0 Å². The van der Waals surface area contributed by atoms with Crippen LogP contribution in [0.1, 0.15) is 20.3 Å². The number of ether oxygens (including phenoxy) is 1. The smallest absolute Gasteiger partial charge is 0.280 e. The highest BCUT2D eigenvalue weighted by molar-refractivity contribution is 6.16. The number of hydrogen-bond donors (Lipinski definition) is 1. The highest BCUT2D eigenvalue weighted by atomic mass is 16.5. The van der Waals surface area contributed by atoms with Crippen molar-refractivity contribution in [2.75, 3.05) is 18.0 Å². The van der Waals surface area contributed by atoms with Crippen molar-refractivity contribution in [3.8, 4) is 5.75 Å². The molecule has 1 aliphatic rings. The number of carbonyl (C=O) groups excluding carboxylic acids is 2. The van der Waals surface area contributed by atoms with Crippen molar-refractivity contribution in [3.05, 3.63) is 43.0 Å². The molecule has 1 atom stereocenters. The molecular formula is C18H22N4O3. The van der Waals surface area contributed by atoms with E-state index in [1.54, 1.807) is 23.5 Å². The molecule has 7 heteroatoms. The molecule has 3 rings (SSSR count). The molecule has 1 aromatic carbocycles. The van der Waals surface area contributed by atoms with Crippen molar-refractivity contribution in [2.24, 2.45) is 0 Å². The molecule has 7 nitrogen and oxygen atoms in total. The summed E-state index contributed by atoms with van der Waals surface area (Å²) < 4.78 is 7.75. The molecule has 0 saturated heterocycles. The van der Waals surface area contributed by atoms with Crippen molar-refractivity contribution >= 4 is 17.5 Å². The third kappa shape index (κ3) is 3.22. The number of rotatable bonds is 6. The fraction of sp³-hybridized carbons (Fsp3) is 0.389. The van der Waals surface area contributed by atoms with Gasteiger partial charge in [-0.05, 0) is 32.4 Å². The number of aromatic nitrogens is 2. The molecule has 0 fully saturated rings. The molecule has 1 unspecified atom stereocenters. The lowest BCUT2D eigenvalue weighted by Gasteiger charge is -2.39. The van der Waals surface area contributed by atoms with Crippen LogP contribution in [0, 0.1) is 0 Å². The Morgan fingerprint density at radius 2 is 2.16 bits per heavy atom. The van der Waals surface area contributed by atoms with Crippen LogP contribution in [0.25, 0.3) is 0 Å². The summed E-state index contributed by atoms with van der Waals surface area (Å²) in [4.78, 5) is 31.1. The summed E-state index contributed by atoms with van der Waals surface area (Å²) in [6.45, 7) is 5.08. The van der Waals surface area contributed by atoms with E-state index in [0.29, 0.717) is 24.5 Å². The van der Waals surface area contributed by atoms with Crippen molar-refractivity contribution in [3.63, 3.8) is 0 Å². The summed E-state index contributed by atoms with van der Waals surface area (Å²) in [6, 6.07) is 7.26. The van der Waals surface area contributed by atoms with Crippen molar-refractivity contribution in [2.45, 2.75) is 32.4 Å². The Balaban J connectivity index is 1.67. The second-order valence-electron chi connectivity index (χ2n) is 6.06. The number of nitrogens with one attached hydrogen (secondary N) is 1.